The maximum atomic E-state index is 12.2. The highest BCUT2D eigenvalue weighted by atomic mass is 35.5. The number of carbonyl (C=O) groups excluding carboxylic acids is 1. The number of nitrogens with one attached hydrogen (secondary N) is 1. The lowest BCUT2D eigenvalue weighted by atomic mass is 10.1. The van der Waals surface area contributed by atoms with Crippen molar-refractivity contribution in [2.45, 2.75) is 19.9 Å². The summed E-state index contributed by atoms with van der Waals surface area (Å²) in [4.78, 5) is 15.8. The van der Waals surface area contributed by atoms with Crippen LogP contribution in [-0.2, 0) is 17.8 Å². The molecule has 1 amide bonds. The van der Waals surface area contributed by atoms with Gasteiger partial charge in [0.15, 0.2) is 0 Å². The van der Waals surface area contributed by atoms with E-state index in [-0.39, 0.29) is 5.91 Å². The van der Waals surface area contributed by atoms with E-state index < -0.39 is 0 Å². The predicted octanol–water partition coefficient (Wildman–Crippen LogP) is 3.71. The number of amides is 1. The van der Waals surface area contributed by atoms with Gasteiger partial charge in [0.25, 0.3) is 0 Å². The summed E-state index contributed by atoms with van der Waals surface area (Å²) in [5, 5.41) is 5.78. The largest absolute Gasteiger partial charge is 0.325 e. The lowest BCUT2D eigenvalue weighted by Gasteiger charge is -2.26. The molecule has 0 unspecified atom stereocenters. The van der Waals surface area contributed by atoms with E-state index in [4.69, 9.17) is 11.6 Å². The Bertz CT molecular complexity index is 668. The van der Waals surface area contributed by atoms with Crippen molar-refractivity contribution in [3.05, 3.63) is 50.7 Å². The van der Waals surface area contributed by atoms with E-state index >= 15 is 0 Å². The minimum Gasteiger partial charge on any atom is -0.325 e. The molecule has 0 atom stereocenters. The van der Waals surface area contributed by atoms with E-state index in [9.17, 15) is 4.79 Å². The highest BCUT2D eigenvalue weighted by Gasteiger charge is 2.19. The fourth-order valence-corrected chi connectivity index (χ4v) is 3.72. The van der Waals surface area contributed by atoms with Crippen molar-refractivity contribution in [1.82, 2.24) is 4.90 Å². The first kappa shape index (κ1) is 14.6. The van der Waals surface area contributed by atoms with Gasteiger partial charge in [-0.15, -0.1) is 11.3 Å². The fourth-order valence-electron chi connectivity index (χ4n) is 2.60. The van der Waals surface area contributed by atoms with E-state index in [0.29, 0.717) is 11.6 Å². The molecule has 0 saturated heterocycles. The van der Waals surface area contributed by atoms with Crippen molar-refractivity contribution in [1.29, 1.82) is 0 Å². The second-order valence-electron chi connectivity index (χ2n) is 5.34. The van der Waals surface area contributed by atoms with E-state index in [1.807, 2.05) is 30.4 Å². The Morgan fingerprint density at radius 3 is 3.10 bits per heavy atom. The number of rotatable bonds is 3. The molecule has 2 heterocycles. The molecule has 21 heavy (non-hydrogen) atoms. The number of fused-ring (bicyclic) bond motifs is 1. The van der Waals surface area contributed by atoms with Crippen molar-refractivity contribution in [2.75, 3.05) is 18.4 Å². The molecule has 1 aromatic carbocycles. The number of nitrogens with zero attached hydrogens (tertiary/aromatic N) is 1. The van der Waals surface area contributed by atoms with Gasteiger partial charge in [-0.2, -0.15) is 0 Å². The zero-order valence-corrected chi connectivity index (χ0v) is 13.4. The monoisotopic (exact) mass is 320 g/mol. The van der Waals surface area contributed by atoms with Gasteiger partial charge in [0.1, 0.15) is 0 Å². The van der Waals surface area contributed by atoms with Crippen LogP contribution < -0.4 is 5.32 Å². The molecule has 0 saturated carbocycles. The number of hydrogen-bond donors (Lipinski definition) is 1. The second-order valence-corrected chi connectivity index (χ2v) is 6.77. The van der Waals surface area contributed by atoms with Gasteiger partial charge in [-0.05, 0) is 54.1 Å². The number of anilines is 1. The third kappa shape index (κ3) is 3.46. The van der Waals surface area contributed by atoms with Gasteiger partial charge in [-0.25, -0.2) is 0 Å². The molecule has 3 rings (SSSR count). The van der Waals surface area contributed by atoms with Gasteiger partial charge in [0.2, 0.25) is 5.91 Å². The highest BCUT2D eigenvalue weighted by molar-refractivity contribution is 7.10. The lowest BCUT2D eigenvalue weighted by molar-refractivity contribution is -0.117. The van der Waals surface area contributed by atoms with Crippen molar-refractivity contribution in [2.24, 2.45) is 0 Å². The molecule has 3 nitrogen and oxygen atoms in total. The molecule has 0 radical (unpaired) electrons. The van der Waals surface area contributed by atoms with E-state index in [1.54, 1.807) is 6.07 Å². The second kappa shape index (κ2) is 6.18. The molecule has 0 spiro atoms. The summed E-state index contributed by atoms with van der Waals surface area (Å²) in [5.74, 6) is 0.0269. The Kier molecular flexibility index (Phi) is 4.29. The fraction of sp³-hybridized carbons (Fsp3) is 0.312. The Labute approximate surface area is 133 Å². The zero-order valence-electron chi connectivity index (χ0n) is 11.9. The van der Waals surface area contributed by atoms with E-state index in [1.165, 1.54) is 10.4 Å². The average Bonchev–Trinajstić information content (AvgIpc) is 2.89. The van der Waals surface area contributed by atoms with Crippen molar-refractivity contribution in [3.63, 3.8) is 0 Å². The van der Waals surface area contributed by atoms with Crippen LogP contribution in [0, 0.1) is 6.92 Å². The molecule has 2 aromatic rings. The smallest absolute Gasteiger partial charge is 0.238 e. The number of hydrogen-bond acceptors (Lipinski definition) is 3. The Hall–Kier alpha value is -1.36. The summed E-state index contributed by atoms with van der Waals surface area (Å²) >= 11 is 7.74. The van der Waals surface area contributed by atoms with Crippen LogP contribution >= 0.6 is 22.9 Å². The lowest BCUT2D eigenvalue weighted by Crippen LogP contribution is -2.36. The maximum Gasteiger partial charge on any atom is 0.238 e. The van der Waals surface area contributed by atoms with Crippen LogP contribution in [0.5, 0.6) is 0 Å². The van der Waals surface area contributed by atoms with Crippen molar-refractivity contribution >= 4 is 34.5 Å². The molecule has 1 N–H and O–H groups in total. The van der Waals surface area contributed by atoms with Gasteiger partial charge >= 0.3 is 0 Å². The average molecular weight is 321 g/mol. The van der Waals surface area contributed by atoms with Gasteiger partial charge < -0.3 is 5.32 Å². The molecule has 110 valence electrons. The first-order chi connectivity index (χ1) is 10.1. The van der Waals surface area contributed by atoms with Gasteiger partial charge in [-0.3, -0.25) is 9.69 Å². The first-order valence-corrected chi connectivity index (χ1v) is 8.21. The first-order valence-electron chi connectivity index (χ1n) is 6.95. The number of halogens is 1. The molecule has 1 aliphatic rings. The summed E-state index contributed by atoms with van der Waals surface area (Å²) in [6.07, 6.45) is 1.04. The van der Waals surface area contributed by atoms with Crippen molar-refractivity contribution < 1.29 is 4.79 Å². The van der Waals surface area contributed by atoms with Crippen LogP contribution in [0.2, 0.25) is 5.02 Å². The number of aryl methyl sites for hydroxylation is 1. The highest BCUT2D eigenvalue weighted by Crippen LogP contribution is 2.24. The third-order valence-electron chi connectivity index (χ3n) is 3.72. The molecule has 0 aliphatic carbocycles. The van der Waals surface area contributed by atoms with E-state index in [0.717, 1.165) is 30.8 Å². The van der Waals surface area contributed by atoms with Gasteiger partial charge in [0, 0.05) is 28.7 Å². The quantitative estimate of drug-likeness (QED) is 0.935. The topological polar surface area (TPSA) is 32.3 Å². The molecular weight excluding hydrogens is 304 g/mol. The molecule has 0 bridgehead atoms. The van der Waals surface area contributed by atoms with E-state index in [2.05, 4.69) is 21.7 Å². The van der Waals surface area contributed by atoms with Crippen LogP contribution in [0.3, 0.4) is 0 Å². The van der Waals surface area contributed by atoms with Crippen LogP contribution in [0.15, 0.2) is 29.6 Å². The van der Waals surface area contributed by atoms with Gasteiger partial charge in [-0.1, -0.05) is 11.6 Å². The summed E-state index contributed by atoms with van der Waals surface area (Å²) in [6, 6.07) is 7.66. The maximum absolute atomic E-state index is 12.2. The number of carbonyl (C=O) groups is 1. The standard InChI is InChI=1S/C16H17ClN2OS/c1-11-8-13(17)2-3-14(11)18-16(20)10-19-6-4-15-12(9-19)5-7-21-15/h2-3,5,7-8H,4,6,9-10H2,1H3,(H,18,20). The zero-order chi connectivity index (χ0) is 14.8. The molecule has 1 aliphatic heterocycles. The summed E-state index contributed by atoms with van der Waals surface area (Å²) in [6.45, 7) is 4.18. The van der Waals surface area contributed by atoms with Crippen LogP contribution in [0.4, 0.5) is 5.69 Å². The predicted molar refractivity (Wildman–Crippen MR) is 88.1 cm³/mol. The molecular formula is C16H17ClN2OS. The third-order valence-corrected chi connectivity index (χ3v) is 4.97. The SMILES string of the molecule is Cc1cc(Cl)ccc1NC(=O)CN1CCc2sccc2C1. The summed E-state index contributed by atoms with van der Waals surface area (Å²) in [5.41, 5.74) is 3.17. The Balaban J connectivity index is 1.60. The number of thiophene rings is 1. The van der Waals surface area contributed by atoms with Gasteiger partial charge in [0.05, 0.1) is 6.54 Å². The van der Waals surface area contributed by atoms with Crippen LogP contribution in [0.25, 0.3) is 0 Å². The Morgan fingerprint density at radius 2 is 2.29 bits per heavy atom. The summed E-state index contributed by atoms with van der Waals surface area (Å²) < 4.78 is 0. The minimum absolute atomic E-state index is 0.0269. The minimum atomic E-state index is 0.0269. The van der Waals surface area contributed by atoms with Crippen molar-refractivity contribution in [3.8, 4) is 0 Å². The normalized spacial score (nSPS) is 14.8. The molecule has 5 heteroatoms. The molecule has 0 fully saturated rings. The Morgan fingerprint density at radius 1 is 1.43 bits per heavy atom. The van der Waals surface area contributed by atoms with Crippen LogP contribution in [0.1, 0.15) is 16.0 Å². The van der Waals surface area contributed by atoms with Crippen LogP contribution in [-0.4, -0.2) is 23.9 Å². The number of benzene rings is 1. The summed E-state index contributed by atoms with van der Waals surface area (Å²) in [7, 11) is 0. The molecule has 1 aromatic heterocycles.